The lowest BCUT2D eigenvalue weighted by Gasteiger charge is -2.26. The molecule has 1 aliphatic rings. The Bertz CT molecular complexity index is 1560. The Morgan fingerprint density at radius 3 is 2.49 bits per heavy atom. The largest absolute Gasteiger partial charge is 0.481 e. The number of nitrogens with zero attached hydrogens (tertiary/aromatic N) is 5. The van der Waals surface area contributed by atoms with Gasteiger partial charge in [0.25, 0.3) is 5.91 Å². The summed E-state index contributed by atoms with van der Waals surface area (Å²) in [5.41, 5.74) is 2.33. The van der Waals surface area contributed by atoms with Gasteiger partial charge in [-0.05, 0) is 41.5 Å². The number of benzene rings is 3. The summed E-state index contributed by atoms with van der Waals surface area (Å²) >= 11 is 0. The van der Waals surface area contributed by atoms with Crippen LogP contribution >= 0.6 is 0 Å². The molecule has 5 aromatic rings. The molecule has 7 nitrogen and oxygen atoms in total. The Morgan fingerprint density at radius 2 is 1.69 bits per heavy atom. The van der Waals surface area contributed by atoms with Crippen molar-refractivity contribution in [2.75, 3.05) is 12.0 Å². The summed E-state index contributed by atoms with van der Waals surface area (Å²) < 4.78 is 7.53. The molecule has 0 fully saturated rings. The normalized spacial score (nSPS) is 17.1. The van der Waals surface area contributed by atoms with Crippen LogP contribution in [-0.2, 0) is 16.9 Å². The number of amides is 1. The van der Waals surface area contributed by atoms with E-state index in [2.05, 4.69) is 34.5 Å². The predicted molar refractivity (Wildman–Crippen MR) is 134 cm³/mol. The minimum atomic E-state index is -1.09. The molecule has 0 N–H and O–H groups in total. The zero-order valence-electron chi connectivity index (χ0n) is 19.4. The maximum Gasteiger partial charge on any atom is 0.260 e. The lowest BCUT2D eigenvalue weighted by atomic mass is 9.91. The topological polar surface area (TPSA) is 73.1 Å². The number of carbonyl (C=O) groups excluding carboxylic acids is 1. The second-order valence-corrected chi connectivity index (χ2v) is 8.77. The molecule has 0 spiro atoms. The lowest BCUT2D eigenvalue weighted by molar-refractivity contribution is -0.123. The van der Waals surface area contributed by atoms with E-state index in [0.29, 0.717) is 23.9 Å². The van der Waals surface area contributed by atoms with E-state index in [4.69, 9.17) is 9.72 Å². The van der Waals surface area contributed by atoms with Crippen LogP contribution in [0, 0.1) is 0 Å². The Hall–Kier alpha value is -4.52. The van der Waals surface area contributed by atoms with Crippen LogP contribution in [0.5, 0.6) is 5.88 Å². The van der Waals surface area contributed by atoms with Gasteiger partial charge < -0.3 is 4.74 Å². The Balaban J connectivity index is 1.42. The van der Waals surface area contributed by atoms with Crippen LogP contribution in [0.4, 0.5) is 5.95 Å². The molecule has 0 aliphatic carbocycles. The van der Waals surface area contributed by atoms with E-state index < -0.39 is 5.54 Å². The van der Waals surface area contributed by atoms with Crippen molar-refractivity contribution >= 4 is 22.6 Å². The van der Waals surface area contributed by atoms with Crippen molar-refractivity contribution in [3.63, 3.8) is 0 Å². The molecule has 0 radical (unpaired) electrons. The number of hydrogen-bond donors (Lipinski definition) is 0. The third kappa shape index (κ3) is 3.27. The summed E-state index contributed by atoms with van der Waals surface area (Å²) in [6.07, 6.45) is 1.59. The Kier molecular flexibility index (Phi) is 4.84. The van der Waals surface area contributed by atoms with Crippen molar-refractivity contribution in [3.05, 3.63) is 102 Å². The molecule has 2 aromatic heterocycles. The van der Waals surface area contributed by atoms with E-state index >= 15 is 0 Å². The maximum absolute atomic E-state index is 13.9. The van der Waals surface area contributed by atoms with Gasteiger partial charge in [-0.25, -0.2) is 4.98 Å². The van der Waals surface area contributed by atoms with Gasteiger partial charge in [-0.15, -0.1) is 10.2 Å². The van der Waals surface area contributed by atoms with Crippen LogP contribution in [0.25, 0.3) is 22.0 Å². The van der Waals surface area contributed by atoms with Gasteiger partial charge in [-0.2, -0.15) is 0 Å². The molecule has 1 aliphatic heterocycles. The molecule has 3 heterocycles. The van der Waals surface area contributed by atoms with Gasteiger partial charge in [0.15, 0.2) is 5.54 Å². The van der Waals surface area contributed by atoms with Gasteiger partial charge in [0.05, 0.1) is 19.3 Å². The van der Waals surface area contributed by atoms with E-state index in [-0.39, 0.29) is 5.91 Å². The summed E-state index contributed by atoms with van der Waals surface area (Å²) in [5.74, 6) is 0.791. The third-order valence-corrected chi connectivity index (χ3v) is 6.72. The molecule has 6 rings (SSSR count). The first-order valence-electron chi connectivity index (χ1n) is 11.4. The first kappa shape index (κ1) is 21.0. The van der Waals surface area contributed by atoms with Crippen molar-refractivity contribution in [3.8, 4) is 17.1 Å². The summed E-state index contributed by atoms with van der Waals surface area (Å²) in [4.78, 5) is 20.4. The first-order valence-corrected chi connectivity index (χ1v) is 11.4. The molecule has 1 atom stereocenters. The van der Waals surface area contributed by atoms with Crippen LogP contribution in [0.2, 0.25) is 0 Å². The van der Waals surface area contributed by atoms with Gasteiger partial charge in [0.2, 0.25) is 11.8 Å². The van der Waals surface area contributed by atoms with Gasteiger partial charge in [0, 0.05) is 11.1 Å². The van der Waals surface area contributed by atoms with Crippen LogP contribution in [-0.4, -0.2) is 32.8 Å². The third-order valence-electron chi connectivity index (χ3n) is 6.72. The average molecular weight is 462 g/mol. The van der Waals surface area contributed by atoms with Crippen molar-refractivity contribution in [2.45, 2.75) is 19.0 Å². The first-order chi connectivity index (χ1) is 17.1. The fourth-order valence-electron chi connectivity index (χ4n) is 4.81. The molecule has 7 heteroatoms. The molecule has 0 saturated carbocycles. The fourth-order valence-corrected chi connectivity index (χ4v) is 4.81. The minimum absolute atomic E-state index is 0.107. The standard InChI is InChI=1S/C28H23N5O2/c1-28(26(34)32(27-31-29-18-33(27)28)17-19-8-4-3-5-9-19)23-14-15-24(30-25(23)35-2)22-13-12-20-10-6-7-11-21(20)16-22/h3-16,18H,17H2,1-2H3. The smallest absolute Gasteiger partial charge is 0.260 e. The predicted octanol–water partition coefficient (Wildman–Crippen LogP) is 4.81. The highest BCUT2D eigenvalue weighted by Crippen LogP contribution is 2.42. The number of hydrogen-bond acceptors (Lipinski definition) is 5. The highest BCUT2D eigenvalue weighted by atomic mass is 16.5. The lowest BCUT2D eigenvalue weighted by Crippen LogP contribution is -2.41. The van der Waals surface area contributed by atoms with Gasteiger partial charge >= 0.3 is 0 Å². The molecule has 35 heavy (non-hydrogen) atoms. The number of methoxy groups -OCH3 is 1. The van der Waals surface area contributed by atoms with Crippen molar-refractivity contribution in [2.24, 2.45) is 0 Å². The molecule has 3 aromatic carbocycles. The number of rotatable bonds is 5. The van der Waals surface area contributed by atoms with Crippen LogP contribution in [0.1, 0.15) is 18.1 Å². The number of fused-ring (bicyclic) bond motifs is 2. The second-order valence-electron chi connectivity index (χ2n) is 8.77. The quantitative estimate of drug-likeness (QED) is 0.376. The fraction of sp³-hybridized carbons (Fsp3) is 0.143. The minimum Gasteiger partial charge on any atom is -0.481 e. The summed E-state index contributed by atoms with van der Waals surface area (Å²) in [5, 5.41) is 10.7. The number of ether oxygens (including phenoxy) is 1. The van der Waals surface area contributed by atoms with E-state index in [1.165, 1.54) is 5.39 Å². The SMILES string of the molecule is COc1nc(-c2ccc3ccccc3c2)ccc1C1(C)C(=O)N(Cc2ccccc2)c2nncn21. The van der Waals surface area contributed by atoms with Crippen LogP contribution in [0.3, 0.4) is 0 Å². The summed E-state index contributed by atoms with van der Waals surface area (Å²) in [6.45, 7) is 2.27. The van der Waals surface area contributed by atoms with Crippen LogP contribution < -0.4 is 9.64 Å². The van der Waals surface area contributed by atoms with Crippen molar-refractivity contribution in [1.29, 1.82) is 0 Å². The van der Waals surface area contributed by atoms with Crippen molar-refractivity contribution in [1.82, 2.24) is 19.7 Å². The Morgan fingerprint density at radius 1 is 0.914 bits per heavy atom. The van der Waals surface area contributed by atoms with E-state index in [1.54, 1.807) is 22.9 Å². The molecular formula is C28H23N5O2. The van der Waals surface area contributed by atoms with Crippen molar-refractivity contribution < 1.29 is 9.53 Å². The van der Waals surface area contributed by atoms with Gasteiger partial charge in [0.1, 0.15) is 6.33 Å². The molecule has 1 amide bonds. The number of carbonyl (C=O) groups is 1. The van der Waals surface area contributed by atoms with E-state index in [0.717, 1.165) is 22.2 Å². The zero-order valence-corrected chi connectivity index (χ0v) is 19.4. The average Bonchev–Trinajstić information content (AvgIpc) is 3.47. The second kappa shape index (κ2) is 8.06. The summed E-state index contributed by atoms with van der Waals surface area (Å²) in [7, 11) is 1.58. The Labute approximate surface area is 202 Å². The highest BCUT2D eigenvalue weighted by Gasteiger charge is 2.51. The van der Waals surface area contributed by atoms with Gasteiger partial charge in [-0.1, -0.05) is 66.7 Å². The van der Waals surface area contributed by atoms with E-state index in [9.17, 15) is 4.79 Å². The van der Waals surface area contributed by atoms with Crippen LogP contribution in [0.15, 0.2) is 91.3 Å². The monoisotopic (exact) mass is 461 g/mol. The molecule has 0 saturated heterocycles. The van der Waals surface area contributed by atoms with Gasteiger partial charge in [-0.3, -0.25) is 14.3 Å². The summed E-state index contributed by atoms with van der Waals surface area (Å²) in [6, 6.07) is 28.2. The van der Waals surface area contributed by atoms with E-state index in [1.807, 2.05) is 67.6 Å². The molecule has 1 unspecified atom stereocenters. The zero-order chi connectivity index (χ0) is 24.0. The molecule has 172 valence electrons. The molecular weight excluding hydrogens is 438 g/mol. The maximum atomic E-state index is 13.9. The highest BCUT2D eigenvalue weighted by molar-refractivity contribution is 6.03. The molecule has 0 bridgehead atoms. The number of pyridine rings is 1. The number of aromatic nitrogens is 4. The number of anilines is 1.